The van der Waals surface area contributed by atoms with E-state index in [0.717, 1.165) is 22.9 Å². The van der Waals surface area contributed by atoms with Crippen LogP contribution >= 0.6 is 0 Å². The van der Waals surface area contributed by atoms with Gasteiger partial charge in [-0.3, -0.25) is 14.7 Å². The fourth-order valence-electron chi connectivity index (χ4n) is 5.01. The highest BCUT2D eigenvalue weighted by molar-refractivity contribution is 6.00. The van der Waals surface area contributed by atoms with Crippen molar-refractivity contribution in [2.45, 2.75) is 45.2 Å². The van der Waals surface area contributed by atoms with Gasteiger partial charge in [0.15, 0.2) is 11.5 Å². The van der Waals surface area contributed by atoms with Crippen molar-refractivity contribution in [3.8, 4) is 11.1 Å². The molecule has 0 radical (unpaired) electrons. The van der Waals surface area contributed by atoms with Crippen molar-refractivity contribution < 1.29 is 14.0 Å². The Balaban J connectivity index is 1.35. The van der Waals surface area contributed by atoms with Crippen molar-refractivity contribution >= 4 is 28.7 Å². The molecule has 1 aliphatic rings. The van der Waals surface area contributed by atoms with Crippen LogP contribution in [0, 0.1) is 5.82 Å². The van der Waals surface area contributed by atoms with Gasteiger partial charge in [-0.2, -0.15) is 5.10 Å². The predicted octanol–water partition coefficient (Wildman–Crippen LogP) is 5.19. The Bertz CT molecular complexity index is 1570. The van der Waals surface area contributed by atoms with E-state index in [0.29, 0.717) is 41.2 Å². The van der Waals surface area contributed by atoms with Crippen molar-refractivity contribution in [1.82, 2.24) is 25.4 Å². The number of benzene rings is 2. The zero-order valence-electron chi connectivity index (χ0n) is 22.9. The second-order valence-electron chi connectivity index (χ2n) is 11.1. The number of amides is 2. The number of carbonyl (C=O) groups is 2. The fraction of sp³-hybridized carbons (Fsp3) is 0.290. The molecule has 0 aliphatic carbocycles. The van der Waals surface area contributed by atoms with Crippen molar-refractivity contribution in [2.24, 2.45) is 0 Å². The second-order valence-corrected chi connectivity index (χ2v) is 11.1. The maximum atomic E-state index is 14.8. The van der Waals surface area contributed by atoms with E-state index in [2.05, 4.69) is 53.2 Å². The number of nitrogens with one attached hydrogen (secondary N) is 3. The van der Waals surface area contributed by atoms with Crippen LogP contribution in [0.3, 0.4) is 0 Å². The highest BCUT2D eigenvalue weighted by Gasteiger charge is 2.26. The molecule has 1 fully saturated rings. The second kappa shape index (κ2) is 10.9. The number of hydrogen-bond donors (Lipinski definition) is 3. The van der Waals surface area contributed by atoms with Gasteiger partial charge in [0, 0.05) is 37.4 Å². The standard InChI is InChI=1S/C31H33FN6O2/c1-5-26(39)38-13-11-24(18-38)35-29-27-25(10-12-33-28(27)36-37-29)21-14-19(15-23(32)16-21)17-34-30(40)20-6-8-22(9-7-20)31(2,3)4/h5-10,12,14-16,24H,1,11,13,17-18H2,2-4H3,(H,34,40)(H2,33,35,36,37)/t24-/m1/s1. The molecule has 0 bridgehead atoms. The minimum absolute atomic E-state index is 0.00226. The Morgan fingerprint density at radius 3 is 2.67 bits per heavy atom. The Kier molecular flexibility index (Phi) is 7.38. The molecule has 0 spiro atoms. The topological polar surface area (TPSA) is 103 Å². The number of nitrogens with zero attached hydrogens (tertiary/aromatic N) is 3. The minimum atomic E-state index is -0.409. The Morgan fingerprint density at radius 2 is 1.95 bits per heavy atom. The third kappa shape index (κ3) is 5.73. The number of anilines is 1. The summed E-state index contributed by atoms with van der Waals surface area (Å²) >= 11 is 0. The summed E-state index contributed by atoms with van der Waals surface area (Å²) in [7, 11) is 0. The van der Waals surface area contributed by atoms with Crippen molar-refractivity contribution in [3.63, 3.8) is 0 Å². The monoisotopic (exact) mass is 540 g/mol. The van der Waals surface area contributed by atoms with E-state index in [-0.39, 0.29) is 29.8 Å². The summed E-state index contributed by atoms with van der Waals surface area (Å²) in [4.78, 5) is 30.9. The number of aromatic amines is 1. The Hall–Kier alpha value is -4.53. The van der Waals surface area contributed by atoms with E-state index in [1.807, 2.05) is 36.4 Å². The largest absolute Gasteiger partial charge is 0.363 e. The molecular formula is C31H33FN6O2. The first kappa shape index (κ1) is 27.1. The van der Waals surface area contributed by atoms with E-state index in [4.69, 9.17) is 0 Å². The summed E-state index contributed by atoms with van der Waals surface area (Å²) in [5.41, 5.74) is 4.29. The van der Waals surface area contributed by atoms with Crippen molar-refractivity contribution in [2.75, 3.05) is 18.4 Å². The molecule has 1 aliphatic heterocycles. The van der Waals surface area contributed by atoms with Gasteiger partial charge in [-0.15, -0.1) is 0 Å². The average Bonchev–Trinajstić information content (AvgIpc) is 3.58. The SMILES string of the molecule is C=CC(=O)N1CC[C@@H](Nc2n[nH]c3nccc(-c4cc(F)cc(CNC(=O)c5ccc(C(C)(C)C)cc5)c4)c23)C1. The highest BCUT2D eigenvalue weighted by atomic mass is 19.1. The lowest BCUT2D eigenvalue weighted by Gasteiger charge is -2.19. The van der Waals surface area contributed by atoms with Crippen LogP contribution in [-0.4, -0.2) is 51.0 Å². The van der Waals surface area contributed by atoms with Gasteiger partial charge in [-0.25, -0.2) is 9.37 Å². The van der Waals surface area contributed by atoms with E-state index < -0.39 is 5.82 Å². The van der Waals surface area contributed by atoms with Gasteiger partial charge >= 0.3 is 0 Å². The van der Waals surface area contributed by atoms with Crippen molar-refractivity contribution in [1.29, 1.82) is 0 Å². The zero-order chi connectivity index (χ0) is 28.4. The lowest BCUT2D eigenvalue weighted by atomic mass is 9.87. The number of carbonyl (C=O) groups excluding carboxylic acids is 2. The number of hydrogen-bond acceptors (Lipinski definition) is 5. The maximum Gasteiger partial charge on any atom is 0.251 e. The number of pyridine rings is 1. The molecule has 0 saturated carbocycles. The van der Waals surface area contributed by atoms with Crippen LogP contribution in [-0.2, 0) is 16.8 Å². The molecule has 206 valence electrons. The van der Waals surface area contributed by atoms with Crippen LogP contribution < -0.4 is 10.6 Å². The maximum absolute atomic E-state index is 14.8. The Labute approximate surface area is 232 Å². The fourth-order valence-corrected chi connectivity index (χ4v) is 5.01. The number of aromatic nitrogens is 3. The lowest BCUT2D eigenvalue weighted by molar-refractivity contribution is -0.125. The van der Waals surface area contributed by atoms with E-state index in [1.54, 1.807) is 11.1 Å². The van der Waals surface area contributed by atoms with E-state index >= 15 is 0 Å². The number of fused-ring (bicyclic) bond motifs is 1. The summed E-state index contributed by atoms with van der Waals surface area (Å²) in [6.45, 7) is 11.3. The van der Waals surface area contributed by atoms with Crippen LogP contribution in [0.15, 0.2) is 67.4 Å². The molecular weight excluding hydrogens is 507 g/mol. The van der Waals surface area contributed by atoms with Crippen LogP contribution in [0.4, 0.5) is 10.2 Å². The number of likely N-dealkylation sites (tertiary alicyclic amines) is 1. The lowest BCUT2D eigenvalue weighted by Crippen LogP contribution is -2.30. The highest BCUT2D eigenvalue weighted by Crippen LogP contribution is 2.33. The van der Waals surface area contributed by atoms with Crippen LogP contribution in [0.2, 0.25) is 0 Å². The minimum Gasteiger partial charge on any atom is -0.363 e. The molecule has 5 rings (SSSR count). The number of H-pyrrole nitrogens is 1. The Morgan fingerprint density at radius 1 is 1.18 bits per heavy atom. The van der Waals surface area contributed by atoms with Gasteiger partial charge < -0.3 is 15.5 Å². The molecule has 4 aromatic rings. The molecule has 1 atom stereocenters. The first-order valence-corrected chi connectivity index (χ1v) is 13.3. The summed E-state index contributed by atoms with van der Waals surface area (Å²) in [5.74, 6) is -0.137. The van der Waals surface area contributed by atoms with Gasteiger partial charge in [0.1, 0.15) is 5.82 Å². The van der Waals surface area contributed by atoms with Crippen LogP contribution in [0.25, 0.3) is 22.2 Å². The third-order valence-electron chi connectivity index (χ3n) is 7.21. The average molecular weight is 541 g/mol. The molecule has 3 N–H and O–H groups in total. The van der Waals surface area contributed by atoms with Gasteiger partial charge in [-0.1, -0.05) is 39.5 Å². The molecule has 1 saturated heterocycles. The zero-order valence-corrected chi connectivity index (χ0v) is 22.9. The summed E-state index contributed by atoms with van der Waals surface area (Å²) in [5, 5.41) is 14.4. The smallest absolute Gasteiger partial charge is 0.251 e. The molecule has 8 nitrogen and oxygen atoms in total. The first-order chi connectivity index (χ1) is 19.1. The van der Waals surface area contributed by atoms with Gasteiger partial charge in [-0.05, 0) is 76.6 Å². The number of rotatable bonds is 7. The third-order valence-corrected chi connectivity index (χ3v) is 7.21. The molecule has 2 amide bonds. The summed E-state index contributed by atoms with van der Waals surface area (Å²) in [6, 6.07) is 14.1. The molecule has 9 heteroatoms. The van der Waals surface area contributed by atoms with E-state index in [9.17, 15) is 14.0 Å². The van der Waals surface area contributed by atoms with Crippen LogP contribution in [0.5, 0.6) is 0 Å². The van der Waals surface area contributed by atoms with Gasteiger partial charge in [0.2, 0.25) is 5.91 Å². The summed E-state index contributed by atoms with van der Waals surface area (Å²) < 4.78 is 14.8. The molecule has 0 unspecified atom stereocenters. The molecule has 3 heterocycles. The van der Waals surface area contributed by atoms with E-state index in [1.165, 1.54) is 18.2 Å². The number of halogens is 1. The normalized spacial score (nSPS) is 15.3. The van der Waals surface area contributed by atoms with Gasteiger partial charge in [0.25, 0.3) is 5.91 Å². The van der Waals surface area contributed by atoms with Gasteiger partial charge in [0.05, 0.1) is 5.39 Å². The first-order valence-electron chi connectivity index (χ1n) is 13.3. The van der Waals surface area contributed by atoms with Crippen LogP contribution in [0.1, 0.15) is 48.7 Å². The molecule has 40 heavy (non-hydrogen) atoms. The molecule has 2 aromatic heterocycles. The quantitative estimate of drug-likeness (QED) is 0.280. The molecule has 2 aromatic carbocycles. The predicted molar refractivity (Wildman–Crippen MR) is 154 cm³/mol. The summed E-state index contributed by atoms with van der Waals surface area (Å²) in [6.07, 6.45) is 3.74. The van der Waals surface area contributed by atoms with Crippen molar-refractivity contribution in [3.05, 3.63) is 89.9 Å².